The fraction of sp³-hybridized carbons (Fsp3) is 0. The molecule has 0 atom stereocenters. The predicted octanol–water partition coefficient (Wildman–Crippen LogP) is 4.11. The first-order chi connectivity index (χ1) is 11.7. The van der Waals surface area contributed by atoms with Gasteiger partial charge in [0.25, 0.3) is 0 Å². The second kappa shape index (κ2) is 5.31. The second-order valence-electron chi connectivity index (χ2n) is 5.40. The van der Waals surface area contributed by atoms with Crippen LogP contribution in [0.3, 0.4) is 0 Å². The molecule has 0 amide bonds. The number of cyclic esters (lactones) is 1. The van der Waals surface area contributed by atoms with Crippen molar-refractivity contribution in [1.82, 2.24) is 0 Å². The minimum Gasteiger partial charge on any atom is -0.415 e. The van der Waals surface area contributed by atoms with Crippen LogP contribution in [0, 0.1) is 10.1 Å². The zero-order valence-corrected chi connectivity index (χ0v) is 12.4. The van der Waals surface area contributed by atoms with Crippen molar-refractivity contribution in [1.29, 1.82) is 0 Å². The number of fused-ring (bicyclic) bond motifs is 2. The number of rotatable bonds is 2. The van der Waals surface area contributed by atoms with Crippen molar-refractivity contribution < 1.29 is 14.5 Å². The van der Waals surface area contributed by atoms with Crippen LogP contribution in [0.15, 0.2) is 66.7 Å². The maximum atomic E-state index is 12.0. The third-order valence-corrected chi connectivity index (χ3v) is 4.03. The molecular weight excluding hydrogens is 306 g/mol. The maximum Gasteiger partial charge on any atom is 0.344 e. The van der Waals surface area contributed by atoms with E-state index in [1.54, 1.807) is 36.4 Å². The van der Waals surface area contributed by atoms with Crippen LogP contribution in [0.4, 0.5) is 0 Å². The number of nitro groups is 1. The van der Waals surface area contributed by atoms with E-state index in [9.17, 15) is 14.9 Å². The third kappa shape index (κ3) is 2.06. The lowest BCUT2D eigenvalue weighted by atomic mass is 9.99. The van der Waals surface area contributed by atoms with Crippen LogP contribution in [-0.2, 0) is 4.74 Å². The molecule has 3 aromatic carbocycles. The maximum absolute atomic E-state index is 12.0. The highest BCUT2D eigenvalue weighted by Gasteiger charge is 2.35. The van der Waals surface area contributed by atoms with E-state index in [1.165, 1.54) is 0 Å². The van der Waals surface area contributed by atoms with Crippen LogP contribution >= 0.6 is 0 Å². The van der Waals surface area contributed by atoms with E-state index in [2.05, 4.69) is 0 Å². The molecule has 0 N–H and O–H groups in total. The summed E-state index contributed by atoms with van der Waals surface area (Å²) < 4.78 is 5.26. The number of hydrogen-bond acceptors (Lipinski definition) is 4. The highest BCUT2D eigenvalue weighted by atomic mass is 16.6. The van der Waals surface area contributed by atoms with Gasteiger partial charge in [0.05, 0.1) is 16.1 Å². The zero-order valence-electron chi connectivity index (χ0n) is 12.4. The molecule has 5 nitrogen and oxygen atoms in total. The first-order valence-corrected chi connectivity index (χ1v) is 7.35. The Labute approximate surface area is 136 Å². The van der Waals surface area contributed by atoms with Crippen LogP contribution in [0.5, 0.6) is 0 Å². The number of esters is 1. The van der Waals surface area contributed by atoms with Gasteiger partial charge in [-0.15, -0.1) is 0 Å². The number of carbonyl (C=O) groups is 1. The molecule has 1 heterocycles. The normalized spacial score (nSPS) is 15.1. The average molecular weight is 317 g/mol. The molecule has 0 saturated carbocycles. The number of ether oxygens (including phenoxy) is 1. The van der Waals surface area contributed by atoms with Crippen LogP contribution in [0.25, 0.3) is 22.2 Å². The van der Waals surface area contributed by atoms with Gasteiger partial charge >= 0.3 is 11.7 Å². The number of benzene rings is 3. The first-order valence-electron chi connectivity index (χ1n) is 7.35. The van der Waals surface area contributed by atoms with Gasteiger partial charge in [0.15, 0.2) is 0 Å². The van der Waals surface area contributed by atoms with Gasteiger partial charge in [-0.1, -0.05) is 54.6 Å². The molecule has 0 unspecified atom stereocenters. The Hall–Kier alpha value is -3.47. The van der Waals surface area contributed by atoms with Crippen molar-refractivity contribution >= 4 is 28.2 Å². The molecule has 24 heavy (non-hydrogen) atoms. The third-order valence-electron chi connectivity index (χ3n) is 4.03. The minimum absolute atomic E-state index is 0.00282. The summed E-state index contributed by atoms with van der Waals surface area (Å²) in [5, 5.41) is 13.4. The Morgan fingerprint density at radius 3 is 2.33 bits per heavy atom. The molecule has 0 spiro atoms. The highest BCUT2D eigenvalue weighted by Crippen LogP contribution is 2.37. The highest BCUT2D eigenvalue weighted by molar-refractivity contribution is 6.08. The summed E-state index contributed by atoms with van der Waals surface area (Å²) in [6.45, 7) is 0. The summed E-state index contributed by atoms with van der Waals surface area (Å²) in [6.07, 6.45) is 0. The molecule has 0 saturated heterocycles. The summed E-state index contributed by atoms with van der Waals surface area (Å²) in [5.74, 6) is -0.572. The Morgan fingerprint density at radius 2 is 1.54 bits per heavy atom. The van der Waals surface area contributed by atoms with Crippen molar-refractivity contribution in [3.63, 3.8) is 0 Å². The van der Waals surface area contributed by atoms with Gasteiger partial charge in [0.2, 0.25) is 5.76 Å². The van der Waals surface area contributed by atoms with Gasteiger partial charge < -0.3 is 4.74 Å². The molecule has 3 aromatic rings. The van der Waals surface area contributed by atoms with Crippen molar-refractivity contribution in [2.24, 2.45) is 0 Å². The monoisotopic (exact) mass is 317 g/mol. The van der Waals surface area contributed by atoms with Crippen molar-refractivity contribution in [3.8, 4) is 0 Å². The summed E-state index contributed by atoms with van der Waals surface area (Å²) >= 11 is 0. The molecule has 0 fully saturated rings. The standard InChI is InChI=1S/C19H11NO4/c21-19-16-10-4-3-9-15(16)18(24-19)17(20(22)23)14-11-5-7-12-6-1-2-8-13(12)14/h1-11H/b18-17+. The van der Waals surface area contributed by atoms with Crippen molar-refractivity contribution in [3.05, 3.63) is 93.5 Å². The smallest absolute Gasteiger partial charge is 0.344 e. The van der Waals surface area contributed by atoms with Crippen LogP contribution in [-0.4, -0.2) is 10.9 Å². The second-order valence-corrected chi connectivity index (χ2v) is 5.40. The van der Waals surface area contributed by atoms with E-state index in [0.717, 1.165) is 10.8 Å². The lowest BCUT2D eigenvalue weighted by Gasteiger charge is -2.07. The average Bonchev–Trinajstić information content (AvgIpc) is 2.92. The van der Waals surface area contributed by atoms with Gasteiger partial charge in [-0.25, -0.2) is 4.79 Å². The molecule has 0 aliphatic carbocycles. The minimum atomic E-state index is -0.569. The molecule has 1 aliphatic rings. The molecule has 0 radical (unpaired) electrons. The largest absolute Gasteiger partial charge is 0.415 e. The predicted molar refractivity (Wildman–Crippen MR) is 89.6 cm³/mol. The molecular formula is C19H11NO4. The summed E-state index contributed by atoms with van der Waals surface area (Å²) in [4.78, 5) is 23.3. The number of nitrogens with zero attached hydrogens (tertiary/aromatic N) is 1. The fourth-order valence-electron chi connectivity index (χ4n) is 2.97. The Kier molecular flexibility index (Phi) is 3.13. The first kappa shape index (κ1) is 14.1. The summed E-state index contributed by atoms with van der Waals surface area (Å²) in [7, 11) is 0. The summed E-state index contributed by atoms with van der Waals surface area (Å²) in [5.41, 5.74) is 1.01. The Bertz CT molecular complexity index is 1030. The number of carbonyl (C=O) groups excluding carboxylic acids is 1. The van der Waals surface area contributed by atoms with Gasteiger partial charge in [-0.05, 0) is 22.9 Å². The molecule has 4 rings (SSSR count). The summed E-state index contributed by atoms with van der Waals surface area (Å²) in [6, 6.07) is 19.4. The topological polar surface area (TPSA) is 69.4 Å². The van der Waals surface area contributed by atoms with Crippen LogP contribution < -0.4 is 0 Å². The van der Waals surface area contributed by atoms with Gasteiger partial charge in [0, 0.05) is 5.56 Å². The zero-order chi connectivity index (χ0) is 16.7. The molecule has 0 aromatic heterocycles. The van der Waals surface area contributed by atoms with E-state index >= 15 is 0 Å². The van der Waals surface area contributed by atoms with Crippen LogP contribution in [0.1, 0.15) is 21.5 Å². The lowest BCUT2D eigenvalue weighted by Crippen LogP contribution is -2.03. The number of hydrogen-bond donors (Lipinski definition) is 0. The van der Waals surface area contributed by atoms with E-state index in [0.29, 0.717) is 16.7 Å². The molecule has 0 bridgehead atoms. The SMILES string of the molecule is O=C1O/C(=C(\c2cccc3ccccc23)[N+](=O)[O-])c2ccccc21. The van der Waals surface area contributed by atoms with Gasteiger partial charge in [0.1, 0.15) is 0 Å². The van der Waals surface area contributed by atoms with Gasteiger partial charge in [-0.2, -0.15) is 0 Å². The van der Waals surface area contributed by atoms with Crippen molar-refractivity contribution in [2.45, 2.75) is 0 Å². The fourth-order valence-corrected chi connectivity index (χ4v) is 2.97. The van der Waals surface area contributed by atoms with Crippen LogP contribution in [0.2, 0.25) is 0 Å². The van der Waals surface area contributed by atoms with E-state index in [1.807, 2.05) is 30.3 Å². The quantitative estimate of drug-likeness (QED) is 0.405. The molecule has 1 aliphatic heterocycles. The van der Waals surface area contributed by atoms with E-state index < -0.39 is 10.9 Å². The Balaban J connectivity index is 2.06. The Morgan fingerprint density at radius 1 is 0.875 bits per heavy atom. The van der Waals surface area contributed by atoms with Gasteiger partial charge in [-0.3, -0.25) is 10.1 Å². The molecule has 116 valence electrons. The lowest BCUT2D eigenvalue weighted by molar-refractivity contribution is -0.375. The van der Waals surface area contributed by atoms with Crippen molar-refractivity contribution in [2.75, 3.05) is 0 Å². The van der Waals surface area contributed by atoms with E-state index in [4.69, 9.17) is 4.74 Å². The molecule has 5 heteroatoms. The van der Waals surface area contributed by atoms with E-state index in [-0.39, 0.29) is 11.5 Å².